The summed E-state index contributed by atoms with van der Waals surface area (Å²) in [4.78, 5) is 27.3. The number of ether oxygens (including phenoxy) is 1. The number of pyridine rings is 1. The number of likely N-dealkylation sites (tertiary alicyclic amines) is 1. The number of nitrogens with zero attached hydrogens (tertiary/aromatic N) is 5. The standard InChI is InChI=1S/C30H27N7O2/c31-17-27-32-13-10-26(35-27)33-23-11-14-37(15-12-23)18-20-6-8-22(9-7-20)29-24(21-4-2-1-3-5-21)16-25-30(36-29)39-19-28(38)34-25/h1-10,13,16,23H,11-12,14-15,18-19H2,(H,34,38)(H,32,33,35). The molecule has 1 saturated heterocycles. The fourth-order valence-corrected chi connectivity index (χ4v) is 5.04. The van der Waals surface area contributed by atoms with Crippen LogP contribution in [0.25, 0.3) is 22.4 Å². The van der Waals surface area contributed by atoms with Crippen molar-refractivity contribution in [2.45, 2.75) is 25.4 Å². The van der Waals surface area contributed by atoms with E-state index in [1.165, 1.54) is 5.56 Å². The van der Waals surface area contributed by atoms with Crippen LogP contribution in [0.3, 0.4) is 0 Å². The van der Waals surface area contributed by atoms with E-state index in [1.807, 2.05) is 42.5 Å². The van der Waals surface area contributed by atoms with Crippen molar-refractivity contribution < 1.29 is 9.53 Å². The molecule has 2 aliphatic rings. The molecule has 9 nitrogen and oxygen atoms in total. The Hall–Kier alpha value is -4.81. The molecule has 194 valence electrons. The van der Waals surface area contributed by atoms with Crippen LogP contribution in [0.4, 0.5) is 11.5 Å². The van der Waals surface area contributed by atoms with Crippen molar-refractivity contribution in [3.63, 3.8) is 0 Å². The van der Waals surface area contributed by atoms with Gasteiger partial charge in [-0.2, -0.15) is 5.26 Å². The van der Waals surface area contributed by atoms with Gasteiger partial charge >= 0.3 is 0 Å². The molecule has 0 radical (unpaired) electrons. The highest BCUT2D eigenvalue weighted by molar-refractivity contribution is 5.97. The number of carbonyl (C=O) groups excluding carboxylic acids is 1. The molecule has 6 rings (SSSR count). The molecule has 2 aromatic carbocycles. The second kappa shape index (κ2) is 10.9. The molecule has 0 bridgehead atoms. The molecule has 0 aliphatic carbocycles. The number of benzene rings is 2. The Bertz CT molecular complexity index is 1530. The number of nitriles is 1. The molecule has 4 aromatic rings. The first kappa shape index (κ1) is 24.5. The van der Waals surface area contributed by atoms with Crippen LogP contribution in [0.5, 0.6) is 5.88 Å². The number of carbonyl (C=O) groups is 1. The van der Waals surface area contributed by atoms with Crippen LogP contribution in [0.2, 0.25) is 0 Å². The van der Waals surface area contributed by atoms with Gasteiger partial charge in [-0.05, 0) is 36.1 Å². The van der Waals surface area contributed by atoms with Gasteiger partial charge in [0, 0.05) is 43.0 Å². The fourth-order valence-electron chi connectivity index (χ4n) is 5.04. The molecular formula is C30H27N7O2. The van der Waals surface area contributed by atoms with Crippen molar-refractivity contribution in [3.8, 4) is 34.3 Å². The Morgan fingerprint density at radius 1 is 1.03 bits per heavy atom. The summed E-state index contributed by atoms with van der Waals surface area (Å²) in [6.45, 7) is 2.79. The molecule has 0 atom stereocenters. The average molecular weight is 518 g/mol. The van der Waals surface area contributed by atoms with Crippen molar-refractivity contribution >= 4 is 17.4 Å². The van der Waals surface area contributed by atoms with E-state index in [2.05, 4.69) is 49.8 Å². The lowest BCUT2D eigenvalue weighted by Gasteiger charge is -2.32. The van der Waals surface area contributed by atoms with Crippen molar-refractivity contribution in [1.82, 2.24) is 19.9 Å². The smallest absolute Gasteiger partial charge is 0.262 e. The molecule has 2 aliphatic heterocycles. The third-order valence-electron chi connectivity index (χ3n) is 7.02. The summed E-state index contributed by atoms with van der Waals surface area (Å²) >= 11 is 0. The third-order valence-corrected chi connectivity index (χ3v) is 7.02. The summed E-state index contributed by atoms with van der Waals surface area (Å²) in [6.07, 6.45) is 3.61. The zero-order valence-corrected chi connectivity index (χ0v) is 21.3. The van der Waals surface area contributed by atoms with Gasteiger partial charge in [0.1, 0.15) is 17.6 Å². The van der Waals surface area contributed by atoms with Crippen LogP contribution in [-0.4, -0.2) is 51.5 Å². The highest BCUT2D eigenvalue weighted by atomic mass is 16.5. The maximum Gasteiger partial charge on any atom is 0.262 e. The van der Waals surface area contributed by atoms with Gasteiger partial charge in [-0.3, -0.25) is 9.69 Å². The Morgan fingerprint density at radius 3 is 2.59 bits per heavy atom. The minimum Gasteiger partial charge on any atom is -0.466 e. The number of fused-ring (bicyclic) bond motifs is 1. The molecule has 2 N–H and O–H groups in total. The number of piperidine rings is 1. The summed E-state index contributed by atoms with van der Waals surface area (Å²) in [5, 5.41) is 15.3. The first-order valence-electron chi connectivity index (χ1n) is 13.0. The number of aromatic nitrogens is 3. The zero-order valence-electron chi connectivity index (χ0n) is 21.3. The molecule has 9 heteroatoms. The van der Waals surface area contributed by atoms with E-state index in [9.17, 15) is 4.79 Å². The summed E-state index contributed by atoms with van der Waals surface area (Å²) in [7, 11) is 0. The van der Waals surface area contributed by atoms with E-state index in [-0.39, 0.29) is 18.3 Å². The lowest BCUT2D eigenvalue weighted by Crippen LogP contribution is -2.38. The topological polar surface area (TPSA) is 116 Å². The van der Waals surface area contributed by atoms with E-state index in [1.54, 1.807) is 12.3 Å². The van der Waals surface area contributed by atoms with Gasteiger partial charge in [-0.1, -0.05) is 54.6 Å². The van der Waals surface area contributed by atoms with Gasteiger partial charge < -0.3 is 15.4 Å². The van der Waals surface area contributed by atoms with Gasteiger partial charge in [0.15, 0.2) is 6.61 Å². The predicted octanol–water partition coefficient (Wildman–Crippen LogP) is 4.48. The van der Waals surface area contributed by atoms with Crippen LogP contribution in [0, 0.1) is 11.3 Å². The normalized spacial score (nSPS) is 15.5. The molecule has 2 aromatic heterocycles. The van der Waals surface area contributed by atoms with Crippen molar-refractivity contribution in [2.24, 2.45) is 0 Å². The van der Waals surface area contributed by atoms with E-state index < -0.39 is 0 Å². The maximum absolute atomic E-state index is 11.9. The van der Waals surface area contributed by atoms with E-state index in [0.717, 1.165) is 54.9 Å². The lowest BCUT2D eigenvalue weighted by atomic mass is 9.97. The van der Waals surface area contributed by atoms with Gasteiger partial charge in [-0.15, -0.1) is 0 Å². The minimum atomic E-state index is -0.178. The lowest BCUT2D eigenvalue weighted by molar-refractivity contribution is -0.118. The van der Waals surface area contributed by atoms with Gasteiger partial charge in [0.2, 0.25) is 11.7 Å². The van der Waals surface area contributed by atoms with Crippen LogP contribution in [0.15, 0.2) is 72.9 Å². The van der Waals surface area contributed by atoms with Crippen molar-refractivity contribution in [1.29, 1.82) is 5.26 Å². The molecule has 1 fully saturated rings. The third kappa shape index (κ3) is 5.56. The van der Waals surface area contributed by atoms with Crippen LogP contribution < -0.4 is 15.4 Å². The molecule has 0 unspecified atom stereocenters. The number of rotatable bonds is 6. The molecule has 1 amide bonds. The Morgan fingerprint density at radius 2 is 1.82 bits per heavy atom. The first-order chi connectivity index (χ1) is 19.1. The molecule has 0 saturated carbocycles. The predicted molar refractivity (Wildman–Crippen MR) is 148 cm³/mol. The summed E-state index contributed by atoms with van der Waals surface area (Å²) in [5.74, 6) is 1.15. The average Bonchev–Trinajstić information content (AvgIpc) is 2.98. The Balaban J connectivity index is 1.14. The van der Waals surface area contributed by atoms with Crippen LogP contribution >= 0.6 is 0 Å². The SMILES string of the molecule is N#Cc1nccc(NC2CCN(Cc3ccc(-c4nc5c(cc4-c4ccccc4)NC(=O)CO5)cc3)CC2)n1. The number of amides is 1. The quantitative estimate of drug-likeness (QED) is 0.385. The van der Waals surface area contributed by atoms with Gasteiger partial charge in [-0.25, -0.2) is 15.0 Å². The van der Waals surface area contributed by atoms with E-state index >= 15 is 0 Å². The summed E-state index contributed by atoms with van der Waals surface area (Å²) in [6, 6.07) is 24.6. The number of hydrogen-bond donors (Lipinski definition) is 2. The zero-order chi connectivity index (χ0) is 26.6. The number of hydrogen-bond acceptors (Lipinski definition) is 8. The second-order valence-corrected chi connectivity index (χ2v) is 9.71. The van der Waals surface area contributed by atoms with Gasteiger partial charge in [0.25, 0.3) is 5.91 Å². The first-order valence-corrected chi connectivity index (χ1v) is 13.0. The van der Waals surface area contributed by atoms with Crippen molar-refractivity contribution in [3.05, 3.63) is 84.3 Å². The fraction of sp³-hybridized carbons (Fsp3) is 0.233. The minimum absolute atomic E-state index is 0.0325. The van der Waals surface area contributed by atoms with Crippen LogP contribution in [0.1, 0.15) is 24.2 Å². The molecule has 39 heavy (non-hydrogen) atoms. The highest BCUT2D eigenvalue weighted by Gasteiger charge is 2.22. The largest absolute Gasteiger partial charge is 0.466 e. The summed E-state index contributed by atoms with van der Waals surface area (Å²) < 4.78 is 5.61. The van der Waals surface area contributed by atoms with Gasteiger partial charge in [0.05, 0.1) is 5.69 Å². The molecule has 0 spiro atoms. The highest BCUT2D eigenvalue weighted by Crippen LogP contribution is 2.38. The number of nitrogens with one attached hydrogen (secondary N) is 2. The van der Waals surface area contributed by atoms with E-state index in [4.69, 9.17) is 15.0 Å². The molecular weight excluding hydrogens is 490 g/mol. The Labute approximate surface area is 226 Å². The number of anilines is 2. The Kier molecular flexibility index (Phi) is 6.85. The monoisotopic (exact) mass is 517 g/mol. The maximum atomic E-state index is 11.9. The molecule has 4 heterocycles. The second-order valence-electron chi connectivity index (χ2n) is 9.71. The van der Waals surface area contributed by atoms with Crippen molar-refractivity contribution in [2.75, 3.05) is 30.3 Å². The van der Waals surface area contributed by atoms with Crippen LogP contribution in [-0.2, 0) is 11.3 Å². The summed E-state index contributed by atoms with van der Waals surface area (Å²) in [5.41, 5.74) is 5.60. The van der Waals surface area contributed by atoms with E-state index in [0.29, 0.717) is 23.4 Å².